The monoisotopic (exact) mass is 400 g/mol. The SMILES string of the molecule is C=NCc1c(NC(=O)CCc2cccnc2)sc2c1CCN(C(=O)CCO)C2. The number of hydrogen-bond donors (Lipinski definition) is 2. The maximum atomic E-state index is 12.4. The Balaban J connectivity index is 1.70. The van der Waals surface area contributed by atoms with Gasteiger partial charge in [-0.05, 0) is 36.8 Å². The van der Waals surface area contributed by atoms with E-state index >= 15 is 0 Å². The average molecular weight is 401 g/mol. The second kappa shape index (κ2) is 9.57. The van der Waals surface area contributed by atoms with Crippen LogP contribution in [0.25, 0.3) is 0 Å². The topological polar surface area (TPSA) is 94.9 Å². The van der Waals surface area contributed by atoms with E-state index in [0.29, 0.717) is 32.5 Å². The van der Waals surface area contributed by atoms with Gasteiger partial charge >= 0.3 is 0 Å². The van der Waals surface area contributed by atoms with Gasteiger partial charge < -0.3 is 15.3 Å². The van der Waals surface area contributed by atoms with Crippen molar-refractivity contribution in [2.24, 2.45) is 4.99 Å². The molecule has 1 aliphatic rings. The largest absolute Gasteiger partial charge is 0.396 e. The fourth-order valence-corrected chi connectivity index (χ4v) is 4.60. The van der Waals surface area contributed by atoms with E-state index in [9.17, 15) is 9.59 Å². The molecule has 0 aliphatic carbocycles. The summed E-state index contributed by atoms with van der Waals surface area (Å²) in [6.07, 6.45) is 5.34. The van der Waals surface area contributed by atoms with Gasteiger partial charge in [0.2, 0.25) is 11.8 Å². The number of anilines is 1. The van der Waals surface area contributed by atoms with Crippen molar-refractivity contribution in [1.29, 1.82) is 0 Å². The average Bonchev–Trinajstić information content (AvgIpc) is 3.04. The van der Waals surface area contributed by atoms with Gasteiger partial charge in [-0.15, -0.1) is 11.3 Å². The Morgan fingerprint density at radius 2 is 2.25 bits per heavy atom. The summed E-state index contributed by atoms with van der Waals surface area (Å²) >= 11 is 1.50. The number of nitrogens with zero attached hydrogens (tertiary/aromatic N) is 3. The fraction of sp³-hybridized carbons (Fsp3) is 0.400. The molecule has 1 aliphatic heterocycles. The van der Waals surface area contributed by atoms with Gasteiger partial charge in [0.25, 0.3) is 0 Å². The lowest BCUT2D eigenvalue weighted by molar-refractivity contribution is -0.132. The molecule has 0 spiro atoms. The lowest BCUT2D eigenvalue weighted by atomic mass is 10.0. The molecule has 0 radical (unpaired) electrons. The van der Waals surface area contributed by atoms with E-state index in [-0.39, 0.29) is 24.8 Å². The van der Waals surface area contributed by atoms with E-state index < -0.39 is 0 Å². The van der Waals surface area contributed by atoms with Crippen LogP contribution in [0.4, 0.5) is 5.00 Å². The second-order valence-electron chi connectivity index (χ2n) is 6.64. The molecule has 0 bridgehead atoms. The Hall–Kier alpha value is -2.58. The van der Waals surface area contributed by atoms with Crippen molar-refractivity contribution in [2.45, 2.75) is 38.8 Å². The number of aryl methyl sites for hydroxylation is 1. The summed E-state index contributed by atoms with van der Waals surface area (Å²) in [4.78, 5) is 35.4. The highest BCUT2D eigenvalue weighted by Gasteiger charge is 2.26. The molecule has 3 rings (SSSR count). The van der Waals surface area contributed by atoms with E-state index in [1.54, 1.807) is 17.3 Å². The van der Waals surface area contributed by atoms with Gasteiger partial charge in [-0.1, -0.05) is 6.07 Å². The van der Waals surface area contributed by atoms with Crippen LogP contribution in [0.1, 0.15) is 34.4 Å². The molecular formula is C20H24N4O3S. The number of thiophene rings is 1. The molecule has 28 heavy (non-hydrogen) atoms. The van der Waals surface area contributed by atoms with E-state index in [1.165, 1.54) is 11.3 Å². The molecule has 148 valence electrons. The number of carbonyl (C=O) groups excluding carboxylic acids is 2. The summed E-state index contributed by atoms with van der Waals surface area (Å²) in [5.74, 6) is -0.104. The number of hydrogen-bond acceptors (Lipinski definition) is 6. The molecule has 7 nitrogen and oxygen atoms in total. The molecule has 2 amide bonds. The van der Waals surface area contributed by atoms with Crippen LogP contribution in [-0.4, -0.2) is 46.7 Å². The molecule has 2 aromatic rings. The first kappa shape index (κ1) is 20.2. The zero-order valence-electron chi connectivity index (χ0n) is 15.7. The van der Waals surface area contributed by atoms with Crippen LogP contribution < -0.4 is 5.32 Å². The zero-order valence-corrected chi connectivity index (χ0v) is 16.5. The van der Waals surface area contributed by atoms with E-state index in [1.807, 2.05) is 12.1 Å². The number of aromatic nitrogens is 1. The number of aliphatic imine (C=N–C) groups is 1. The van der Waals surface area contributed by atoms with Crippen molar-refractivity contribution in [2.75, 3.05) is 18.5 Å². The molecule has 2 aromatic heterocycles. The second-order valence-corrected chi connectivity index (χ2v) is 7.75. The summed E-state index contributed by atoms with van der Waals surface area (Å²) < 4.78 is 0. The summed E-state index contributed by atoms with van der Waals surface area (Å²) in [5, 5.41) is 12.8. The molecule has 0 unspecified atom stereocenters. The van der Waals surface area contributed by atoms with Gasteiger partial charge in [0.05, 0.1) is 19.7 Å². The van der Waals surface area contributed by atoms with Gasteiger partial charge in [-0.25, -0.2) is 0 Å². The van der Waals surface area contributed by atoms with E-state index in [0.717, 1.165) is 33.0 Å². The normalized spacial score (nSPS) is 13.1. The molecular weight excluding hydrogens is 376 g/mol. The van der Waals surface area contributed by atoms with Crippen molar-refractivity contribution in [1.82, 2.24) is 9.88 Å². The van der Waals surface area contributed by atoms with Crippen LogP contribution in [0.3, 0.4) is 0 Å². The van der Waals surface area contributed by atoms with Gasteiger partial charge in [0.1, 0.15) is 5.00 Å². The van der Waals surface area contributed by atoms with Gasteiger partial charge in [0.15, 0.2) is 0 Å². The molecule has 3 heterocycles. The number of aliphatic hydroxyl groups excluding tert-OH is 1. The lowest BCUT2D eigenvalue weighted by Crippen LogP contribution is -2.35. The zero-order chi connectivity index (χ0) is 19.9. The lowest BCUT2D eigenvalue weighted by Gasteiger charge is -2.27. The number of rotatable bonds is 8. The molecule has 0 saturated carbocycles. The smallest absolute Gasteiger partial charge is 0.225 e. The number of pyridine rings is 1. The van der Waals surface area contributed by atoms with Crippen molar-refractivity contribution in [3.63, 3.8) is 0 Å². The van der Waals surface area contributed by atoms with Crippen LogP contribution >= 0.6 is 11.3 Å². The number of nitrogens with one attached hydrogen (secondary N) is 1. The number of aliphatic hydroxyl groups is 1. The minimum Gasteiger partial charge on any atom is -0.396 e. The van der Waals surface area contributed by atoms with E-state index in [4.69, 9.17) is 5.11 Å². The molecule has 8 heteroatoms. The predicted octanol–water partition coefficient (Wildman–Crippen LogP) is 2.18. The van der Waals surface area contributed by atoms with Crippen LogP contribution in [0.2, 0.25) is 0 Å². The van der Waals surface area contributed by atoms with E-state index in [2.05, 4.69) is 22.0 Å². The summed E-state index contributed by atoms with van der Waals surface area (Å²) in [5.41, 5.74) is 3.18. The standard InChI is InChI=1S/C20H24N4O3S/c1-21-12-16-15-6-9-24(19(27)7-10-25)13-17(15)28-20(16)23-18(26)5-4-14-3-2-8-22-11-14/h2-3,8,11,25H,1,4-7,9-10,12-13H2,(H,23,26). The number of carbonyl (C=O) groups is 2. The Morgan fingerprint density at radius 3 is 2.96 bits per heavy atom. The third-order valence-electron chi connectivity index (χ3n) is 4.73. The quantitative estimate of drug-likeness (QED) is 0.664. The molecule has 2 N–H and O–H groups in total. The maximum Gasteiger partial charge on any atom is 0.225 e. The van der Waals surface area contributed by atoms with Crippen molar-refractivity contribution < 1.29 is 14.7 Å². The Kier molecular flexibility index (Phi) is 6.89. The Labute approximate surface area is 168 Å². The van der Waals surface area contributed by atoms with Gasteiger partial charge in [-0.2, -0.15) is 0 Å². The molecule has 0 aromatic carbocycles. The molecule has 0 atom stereocenters. The number of fused-ring (bicyclic) bond motifs is 1. The molecule has 0 fully saturated rings. The minimum absolute atomic E-state index is 0.0491. The number of amides is 2. The first-order valence-electron chi connectivity index (χ1n) is 9.25. The summed E-state index contributed by atoms with van der Waals surface area (Å²) in [6.45, 7) is 5.01. The maximum absolute atomic E-state index is 12.4. The first-order valence-corrected chi connectivity index (χ1v) is 10.1. The van der Waals surface area contributed by atoms with Crippen molar-refractivity contribution in [3.8, 4) is 0 Å². The summed E-state index contributed by atoms with van der Waals surface area (Å²) in [6, 6.07) is 3.81. The van der Waals surface area contributed by atoms with Crippen molar-refractivity contribution in [3.05, 3.63) is 46.1 Å². The highest BCUT2D eigenvalue weighted by molar-refractivity contribution is 7.16. The van der Waals surface area contributed by atoms with Gasteiger partial charge in [0, 0.05) is 42.2 Å². The highest BCUT2D eigenvalue weighted by Crippen LogP contribution is 2.37. The predicted molar refractivity (Wildman–Crippen MR) is 110 cm³/mol. The third kappa shape index (κ3) is 4.82. The molecule has 0 saturated heterocycles. The third-order valence-corrected chi connectivity index (χ3v) is 5.91. The fourth-order valence-electron chi connectivity index (χ4n) is 3.31. The van der Waals surface area contributed by atoms with Crippen molar-refractivity contribution >= 4 is 34.9 Å². The minimum atomic E-state index is -0.142. The Bertz CT molecular complexity index is 851. The van der Waals surface area contributed by atoms with Gasteiger partial charge in [-0.3, -0.25) is 19.6 Å². The van der Waals surface area contributed by atoms with Crippen LogP contribution in [0, 0.1) is 0 Å². The van der Waals surface area contributed by atoms with Crippen LogP contribution in [0.5, 0.6) is 0 Å². The van der Waals surface area contributed by atoms with Crippen LogP contribution in [-0.2, 0) is 35.5 Å². The first-order chi connectivity index (χ1) is 13.6. The highest BCUT2D eigenvalue weighted by atomic mass is 32.1. The van der Waals surface area contributed by atoms with Crippen LogP contribution in [0.15, 0.2) is 29.5 Å². The summed E-state index contributed by atoms with van der Waals surface area (Å²) in [7, 11) is 0. The Morgan fingerprint density at radius 1 is 1.39 bits per heavy atom.